The first-order valence-electron chi connectivity index (χ1n) is 5.34. The second-order valence-electron chi connectivity index (χ2n) is 4.18. The number of carbonyl (C=O) groups is 2. The van der Waals surface area contributed by atoms with Crippen LogP contribution in [0.15, 0.2) is 18.3 Å². The summed E-state index contributed by atoms with van der Waals surface area (Å²) in [5.41, 5.74) is -1.23. The maximum atomic E-state index is 12.4. The summed E-state index contributed by atoms with van der Waals surface area (Å²) in [6.45, 7) is 0.0235. The Balaban J connectivity index is 2.11. The topological polar surface area (TPSA) is 70.5 Å². The average molecular weight is 274 g/mol. The predicted octanol–water partition coefficient (Wildman–Crippen LogP) is 1.89. The molecule has 1 amide bonds. The normalized spacial score (nSPS) is 16.1. The molecule has 0 aliphatic carbocycles. The van der Waals surface area contributed by atoms with Gasteiger partial charge in [-0.25, -0.2) is 4.79 Å². The molecule has 8 heteroatoms. The lowest BCUT2D eigenvalue weighted by Gasteiger charge is -2.35. The zero-order chi connectivity index (χ0) is 14.2. The average Bonchev–Trinajstić information content (AvgIpc) is 2.25. The van der Waals surface area contributed by atoms with E-state index in [0.29, 0.717) is 6.07 Å². The monoisotopic (exact) mass is 274 g/mol. The summed E-state index contributed by atoms with van der Waals surface area (Å²) < 4.78 is 37.3. The van der Waals surface area contributed by atoms with Crippen molar-refractivity contribution in [2.24, 2.45) is 5.92 Å². The lowest BCUT2D eigenvalue weighted by atomic mass is 9.91. The SMILES string of the molecule is O=C(c1ccnc(C(F)(F)F)c1)C1CN(C(=O)O)C1. The van der Waals surface area contributed by atoms with Crippen LogP contribution in [0.25, 0.3) is 0 Å². The summed E-state index contributed by atoms with van der Waals surface area (Å²) >= 11 is 0. The van der Waals surface area contributed by atoms with Gasteiger partial charge in [-0.05, 0) is 12.1 Å². The van der Waals surface area contributed by atoms with E-state index in [1.54, 1.807) is 0 Å². The molecule has 2 heterocycles. The summed E-state index contributed by atoms with van der Waals surface area (Å²) in [6.07, 6.45) is -4.83. The molecule has 1 N–H and O–H groups in total. The molecule has 2 rings (SSSR count). The Hall–Kier alpha value is -2.12. The second kappa shape index (κ2) is 4.52. The van der Waals surface area contributed by atoms with E-state index in [0.717, 1.165) is 11.1 Å². The summed E-state index contributed by atoms with van der Waals surface area (Å²) in [5, 5.41) is 8.61. The molecule has 0 spiro atoms. The highest BCUT2D eigenvalue weighted by molar-refractivity contribution is 5.99. The lowest BCUT2D eigenvalue weighted by Crippen LogP contribution is -2.52. The Morgan fingerprint density at radius 1 is 1.37 bits per heavy atom. The molecule has 0 radical (unpaired) electrons. The molecular formula is C11H9F3N2O3. The van der Waals surface area contributed by atoms with Gasteiger partial charge in [-0.1, -0.05) is 0 Å². The first kappa shape index (κ1) is 13.3. The molecule has 1 aliphatic heterocycles. The van der Waals surface area contributed by atoms with Crippen LogP contribution >= 0.6 is 0 Å². The van der Waals surface area contributed by atoms with Crippen LogP contribution in [0.4, 0.5) is 18.0 Å². The number of carboxylic acid groups (broad SMARTS) is 1. The minimum Gasteiger partial charge on any atom is -0.465 e. The van der Waals surface area contributed by atoms with Crippen molar-refractivity contribution in [1.82, 2.24) is 9.88 Å². The molecule has 1 saturated heterocycles. The highest BCUT2D eigenvalue weighted by Gasteiger charge is 2.37. The number of pyridine rings is 1. The van der Waals surface area contributed by atoms with Crippen molar-refractivity contribution in [3.63, 3.8) is 0 Å². The molecule has 5 nitrogen and oxygen atoms in total. The number of hydrogen-bond acceptors (Lipinski definition) is 3. The van der Waals surface area contributed by atoms with Crippen LogP contribution in [0.1, 0.15) is 16.1 Å². The standard InChI is InChI=1S/C11H9F3N2O3/c12-11(13,14)8-3-6(1-2-15-8)9(17)7-4-16(5-7)10(18)19/h1-3,7H,4-5H2,(H,18,19). The van der Waals surface area contributed by atoms with Crippen LogP contribution in [0.5, 0.6) is 0 Å². The number of hydrogen-bond donors (Lipinski definition) is 1. The third-order valence-electron chi connectivity index (χ3n) is 2.86. The number of amides is 1. The number of alkyl halides is 3. The fourth-order valence-electron chi connectivity index (χ4n) is 1.78. The summed E-state index contributed by atoms with van der Waals surface area (Å²) in [5.74, 6) is -1.08. The molecule has 0 bridgehead atoms. The molecule has 1 aromatic heterocycles. The molecule has 1 aliphatic rings. The van der Waals surface area contributed by atoms with E-state index in [4.69, 9.17) is 5.11 Å². The van der Waals surface area contributed by atoms with Gasteiger partial charge in [-0.15, -0.1) is 0 Å². The molecule has 0 atom stereocenters. The van der Waals surface area contributed by atoms with Crippen LogP contribution in [0.3, 0.4) is 0 Å². The number of rotatable bonds is 2. The van der Waals surface area contributed by atoms with E-state index in [-0.39, 0.29) is 18.7 Å². The number of likely N-dealkylation sites (tertiary alicyclic amines) is 1. The third kappa shape index (κ3) is 2.67. The summed E-state index contributed by atoms with van der Waals surface area (Å²) in [7, 11) is 0. The van der Waals surface area contributed by atoms with Crippen molar-refractivity contribution in [2.75, 3.05) is 13.1 Å². The molecule has 1 aromatic rings. The molecule has 1 fully saturated rings. The minimum absolute atomic E-state index is 0.0117. The first-order valence-corrected chi connectivity index (χ1v) is 5.34. The maximum Gasteiger partial charge on any atom is 0.433 e. The van der Waals surface area contributed by atoms with Crippen molar-refractivity contribution >= 4 is 11.9 Å². The van der Waals surface area contributed by atoms with E-state index in [9.17, 15) is 22.8 Å². The Kier molecular flexibility index (Phi) is 3.17. The van der Waals surface area contributed by atoms with Crippen LogP contribution < -0.4 is 0 Å². The first-order chi connectivity index (χ1) is 8.79. The third-order valence-corrected chi connectivity index (χ3v) is 2.86. The second-order valence-corrected chi connectivity index (χ2v) is 4.18. The van der Waals surface area contributed by atoms with Gasteiger partial charge in [0.05, 0.1) is 5.92 Å². The van der Waals surface area contributed by atoms with Crippen LogP contribution in [0, 0.1) is 5.92 Å². The highest BCUT2D eigenvalue weighted by Crippen LogP contribution is 2.29. The molecule has 0 aromatic carbocycles. The van der Waals surface area contributed by atoms with E-state index in [2.05, 4.69) is 4.98 Å². The smallest absolute Gasteiger partial charge is 0.433 e. The number of aromatic nitrogens is 1. The van der Waals surface area contributed by atoms with Gasteiger partial charge < -0.3 is 10.0 Å². The van der Waals surface area contributed by atoms with Gasteiger partial charge in [0.1, 0.15) is 5.69 Å². The number of nitrogens with zero attached hydrogens (tertiary/aromatic N) is 2. The molecule has 0 unspecified atom stereocenters. The van der Waals surface area contributed by atoms with Gasteiger partial charge in [-0.3, -0.25) is 9.78 Å². The number of halogens is 3. The minimum atomic E-state index is -4.61. The quantitative estimate of drug-likeness (QED) is 0.836. The Bertz CT molecular complexity index is 524. The fourth-order valence-corrected chi connectivity index (χ4v) is 1.78. The zero-order valence-electron chi connectivity index (χ0n) is 9.52. The van der Waals surface area contributed by atoms with Crippen molar-refractivity contribution < 1.29 is 27.9 Å². The van der Waals surface area contributed by atoms with Crippen LogP contribution in [0.2, 0.25) is 0 Å². The van der Waals surface area contributed by atoms with Crippen molar-refractivity contribution in [1.29, 1.82) is 0 Å². The van der Waals surface area contributed by atoms with Gasteiger partial charge in [0.15, 0.2) is 5.78 Å². The largest absolute Gasteiger partial charge is 0.465 e. The molecule has 0 saturated carbocycles. The van der Waals surface area contributed by atoms with Crippen molar-refractivity contribution in [2.45, 2.75) is 6.18 Å². The summed E-state index contributed by atoms with van der Waals surface area (Å²) in [6, 6.07) is 1.88. The van der Waals surface area contributed by atoms with Crippen LogP contribution in [-0.4, -0.2) is 40.0 Å². The Labute approximate surface area is 105 Å². The molecule has 19 heavy (non-hydrogen) atoms. The number of Topliss-reactive ketones (excluding diaryl/α,β-unsaturated/α-hetero) is 1. The van der Waals surface area contributed by atoms with Gasteiger partial charge in [0.25, 0.3) is 0 Å². The Morgan fingerprint density at radius 3 is 2.53 bits per heavy atom. The number of carbonyl (C=O) groups excluding carboxylic acids is 1. The van der Waals surface area contributed by atoms with Gasteiger partial charge in [0.2, 0.25) is 0 Å². The van der Waals surface area contributed by atoms with E-state index < -0.39 is 29.7 Å². The van der Waals surface area contributed by atoms with E-state index >= 15 is 0 Å². The summed E-state index contributed by atoms with van der Waals surface area (Å²) in [4.78, 5) is 26.6. The van der Waals surface area contributed by atoms with Crippen LogP contribution in [-0.2, 0) is 6.18 Å². The fraction of sp³-hybridized carbons (Fsp3) is 0.364. The lowest BCUT2D eigenvalue weighted by molar-refractivity contribution is -0.141. The van der Waals surface area contributed by atoms with Crippen molar-refractivity contribution in [3.8, 4) is 0 Å². The Morgan fingerprint density at radius 2 is 2.00 bits per heavy atom. The predicted molar refractivity (Wildman–Crippen MR) is 56.7 cm³/mol. The van der Waals surface area contributed by atoms with E-state index in [1.165, 1.54) is 6.07 Å². The molecule has 102 valence electrons. The van der Waals surface area contributed by atoms with Gasteiger partial charge >= 0.3 is 12.3 Å². The van der Waals surface area contributed by atoms with Crippen molar-refractivity contribution in [3.05, 3.63) is 29.6 Å². The maximum absolute atomic E-state index is 12.4. The highest BCUT2D eigenvalue weighted by atomic mass is 19.4. The van der Waals surface area contributed by atoms with Gasteiger partial charge in [-0.2, -0.15) is 13.2 Å². The zero-order valence-corrected chi connectivity index (χ0v) is 9.52. The number of ketones is 1. The van der Waals surface area contributed by atoms with Gasteiger partial charge in [0, 0.05) is 24.8 Å². The molecular weight excluding hydrogens is 265 g/mol. The van der Waals surface area contributed by atoms with E-state index in [1.807, 2.05) is 0 Å².